The molecule has 160 valence electrons. The zero-order chi connectivity index (χ0) is 21.6. The highest BCUT2D eigenvalue weighted by molar-refractivity contribution is 5.76. The van der Waals surface area contributed by atoms with Crippen molar-refractivity contribution in [3.63, 3.8) is 0 Å². The molecule has 2 aromatic carbocycles. The van der Waals surface area contributed by atoms with Gasteiger partial charge in [-0.3, -0.25) is 4.79 Å². The minimum Gasteiger partial charge on any atom is -0.489 e. The highest BCUT2D eigenvalue weighted by atomic mass is 16.6. The lowest BCUT2D eigenvalue weighted by Gasteiger charge is -2.25. The van der Waals surface area contributed by atoms with Crippen molar-refractivity contribution in [2.45, 2.75) is 51.9 Å². The Kier molecular flexibility index (Phi) is 6.98. The van der Waals surface area contributed by atoms with Crippen LogP contribution in [0.15, 0.2) is 54.6 Å². The van der Waals surface area contributed by atoms with E-state index in [9.17, 15) is 9.59 Å². The molecule has 1 saturated heterocycles. The first-order valence-corrected chi connectivity index (χ1v) is 10.2. The maximum absolute atomic E-state index is 12.3. The molecule has 2 aromatic rings. The molecule has 0 bridgehead atoms. The normalized spacial score (nSPS) is 17.2. The first-order valence-electron chi connectivity index (χ1n) is 10.2. The van der Waals surface area contributed by atoms with Gasteiger partial charge in [0.2, 0.25) is 0 Å². The van der Waals surface area contributed by atoms with E-state index in [4.69, 9.17) is 14.2 Å². The second kappa shape index (κ2) is 9.65. The van der Waals surface area contributed by atoms with Gasteiger partial charge in [0.05, 0.1) is 12.5 Å². The molecule has 1 N–H and O–H groups in total. The highest BCUT2D eigenvalue weighted by Gasteiger charge is 2.36. The van der Waals surface area contributed by atoms with Gasteiger partial charge in [0.15, 0.2) is 0 Å². The molecule has 1 amide bonds. The van der Waals surface area contributed by atoms with Crippen LogP contribution in [-0.4, -0.2) is 30.3 Å². The van der Waals surface area contributed by atoms with E-state index < -0.39 is 17.7 Å². The van der Waals surface area contributed by atoms with Crippen molar-refractivity contribution < 1.29 is 23.8 Å². The largest absolute Gasteiger partial charge is 0.489 e. The summed E-state index contributed by atoms with van der Waals surface area (Å²) in [5.74, 6) is 0.102. The number of amides is 1. The van der Waals surface area contributed by atoms with Gasteiger partial charge in [0, 0.05) is 6.04 Å². The third kappa shape index (κ3) is 6.51. The van der Waals surface area contributed by atoms with E-state index >= 15 is 0 Å². The SMILES string of the molecule is CC(C)(C)OC(=O)N[C@@H](Cc1ccc(OCc2ccccc2)cc1)C1CCOC1=O. The molecule has 1 heterocycles. The number of rotatable bonds is 7. The van der Waals surface area contributed by atoms with Crippen LogP contribution >= 0.6 is 0 Å². The standard InChI is InChI=1S/C24H29NO5/c1-24(2,3)30-23(27)25-21(20-13-14-28-22(20)26)15-17-9-11-19(12-10-17)29-16-18-7-5-4-6-8-18/h4-12,20-21H,13-16H2,1-3H3,(H,25,27)/t20?,21-/m0/s1. The second-order valence-electron chi connectivity index (χ2n) is 8.44. The summed E-state index contributed by atoms with van der Waals surface area (Å²) in [7, 11) is 0. The molecule has 2 atom stereocenters. The van der Waals surface area contributed by atoms with Crippen molar-refractivity contribution in [3.8, 4) is 5.75 Å². The van der Waals surface area contributed by atoms with Gasteiger partial charge in [-0.25, -0.2) is 4.79 Å². The van der Waals surface area contributed by atoms with Crippen LogP contribution in [0, 0.1) is 5.92 Å². The van der Waals surface area contributed by atoms with Crippen molar-refractivity contribution >= 4 is 12.1 Å². The van der Waals surface area contributed by atoms with Crippen molar-refractivity contribution in [2.24, 2.45) is 5.92 Å². The zero-order valence-electron chi connectivity index (χ0n) is 17.7. The van der Waals surface area contributed by atoms with Crippen LogP contribution in [0.3, 0.4) is 0 Å². The summed E-state index contributed by atoms with van der Waals surface area (Å²) in [4.78, 5) is 24.4. The average molecular weight is 411 g/mol. The summed E-state index contributed by atoms with van der Waals surface area (Å²) < 4.78 is 16.3. The summed E-state index contributed by atoms with van der Waals surface area (Å²) in [6.45, 7) is 6.29. The Balaban J connectivity index is 1.63. The van der Waals surface area contributed by atoms with Crippen LogP contribution in [0.25, 0.3) is 0 Å². The number of carbonyl (C=O) groups excluding carboxylic acids is 2. The number of hydrogen-bond acceptors (Lipinski definition) is 5. The lowest BCUT2D eigenvalue weighted by Crippen LogP contribution is -2.45. The lowest BCUT2D eigenvalue weighted by atomic mass is 9.92. The molecule has 30 heavy (non-hydrogen) atoms. The molecular formula is C24H29NO5. The first kappa shape index (κ1) is 21.7. The van der Waals surface area contributed by atoms with E-state index in [0.29, 0.717) is 26.1 Å². The summed E-state index contributed by atoms with van der Waals surface area (Å²) in [5, 5.41) is 2.86. The molecule has 6 heteroatoms. The van der Waals surface area contributed by atoms with Gasteiger partial charge in [-0.05, 0) is 56.9 Å². The number of nitrogens with one attached hydrogen (secondary N) is 1. The molecule has 0 radical (unpaired) electrons. The fraction of sp³-hybridized carbons (Fsp3) is 0.417. The summed E-state index contributed by atoms with van der Waals surface area (Å²) in [6, 6.07) is 17.3. The molecule has 0 saturated carbocycles. The molecular weight excluding hydrogens is 382 g/mol. The topological polar surface area (TPSA) is 73.9 Å². The van der Waals surface area contributed by atoms with Crippen molar-refractivity contribution in [2.75, 3.05) is 6.61 Å². The number of cyclic esters (lactones) is 1. The number of ether oxygens (including phenoxy) is 3. The summed E-state index contributed by atoms with van der Waals surface area (Å²) in [5.41, 5.74) is 1.48. The molecule has 0 aromatic heterocycles. The van der Waals surface area contributed by atoms with E-state index in [1.165, 1.54) is 0 Å². The van der Waals surface area contributed by atoms with E-state index in [-0.39, 0.29) is 11.9 Å². The van der Waals surface area contributed by atoms with Crippen molar-refractivity contribution in [1.82, 2.24) is 5.32 Å². The molecule has 1 fully saturated rings. The maximum Gasteiger partial charge on any atom is 0.407 e. The molecule has 6 nitrogen and oxygen atoms in total. The zero-order valence-corrected chi connectivity index (χ0v) is 17.7. The van der Waals surface area contributed by atoms with Crippen LogP contribution in [0.1, 0.15) is 38.3 Å². The molecule has 0 aliphatic carbocycles. The first-order chi connectivity index (χ1) is 14.3. The predicted octanol–water partition coefficient (Wildman–Crippen LogP) is 4.26. The molecule has 1 aliphatic rings. The van der Waals surface area contributed by atoms with E-state index in [1.807, 2.05) is 54.6 Å². The highest BCUT2D eigenvalue weighted by Crippen LogP contribution is 2.23. The van der Waals surface area contributed by atoms with Crippen LogP contribution in [0.5, 0.6) is 5.75 Å². The van der Waals surface area contributed by atoms with Crippen molar-refractivity contribution in [3.05, 3.63) is 65.7 Å². The lowest BCUT2D eigenvalue weighted by molar-refractivity contribution is -0.141. The molecule has 3 rings (SSSR count). The minimum absolute atomic E-state index is 0.279. The van der Waals surface area contributed by atoms with Gasteiger partial charge < -0.3 is 19.5 Å². The Morgan fingerprint density at radius 2 is 1.80 bits per heavy atom. The Morgan fingerprint density at radius 3 is 2.40 bits per heavy atom. The average Bonchev–Trinajstić information content (AvgIpc) is 3.12. The second-order valence-corrected chi connectivity index (χ2v) is 8.44. The Labute approximate surface area is 177 Å². The van der Waals surface area contributed by atoms with E-state index in [0.717, 1.165) is 16.9 Å². The fourth-order valence-electron chi connectivity index (χ4n) is 3.35. The summed E-state index contributed by atoms with van der Waals surface area (Å²) >= 11 is 0. The van der Waals surface area contributed by atoms with Crippen LogP contribution in [0.2, 0.25) is 0 Å². The van der Waals surface area contributed by atoms with Crippen LogP contribution in [-0.2, 0) is 27.3 Å². The van der Waals surface area contributed by atoms with Crippen molar-refractivity contribution in [1.29, 1.82) is 0 Å². The maximum atomic E-state index is 12.3. The van der Waals surface area contributed by atoms with Gasteiger partial charge in [-0.1, -0.05) is 42.5 Å². The molecule has 0 spiro atoms. The number of esters is 1. The fourth-order valence-corrected chi connectivity index (χ4v) is 3.35. The molecule has 1 aliphatic heterocycles. The number of alkyl carbamates (subject to hydrolysis) is 1. The number of benzene rings is 2. The summed E-state index contributed by atoms with van der Waals surface area (Å²) in [6.07, 6.45) is 0.547. The minimum atomic E-state index is -0.609. The van der Waals surface area contributed by atoms with E-state index in [1.54, 1.807) is 20.8 Å². The number of hydrogen-bond donors (Lipinski definition) is 1. The van der Waals surface area contributed by atoms with E-state index in [2.05, 4.69) is 5.32 Å². The Morgan fingerprint density at radius 1 is 1.10 bits per heavy atom. The van der Waals surface area contributed by atoms with Crippen LogP contribution in [0.4, 0.5) is 4.79 Å². The third-order valence-corrected chi connectivity index (χ3v) is 4.79. The molecule has 1 unspecified atom stereocenters. The van der Waals surface area contributed by atoms with Crippen LogP contribution < -0.4 is 10.1 Å². The van der Waals surface area contributed by atoms with Gasteiger partial charge in [0.1, 0.15) is 18.0 Å². The third-order valence-electron chi connectivity index (χ3n) is 4.79. The monoisotopic (exact) mass is 411 g/mol. The van der Waals surface area contributed by atoms with Gasteiger partial charge in [0.25, 0.3) is 0 Å². The Bertz CT molecular complexity index is 842. The number of carbonyl (C=O) groups is 2. The van der Waals surface area contributed by atoms with Gasteiger partial charge in [-0.15, -0.1) is 0 Å². The predicted molar refractivity (Wildman–Crippen MR) is 113 cm³/mol. The van der Waals surface area contributed by atoms with Gasteiger partial charge >= 0.3 is 12.1 Å². The Hall–Kier alpha value is -3.02. The van der Waals surface area contributed by atoms with Gasteiger partial charge in [-0.2, -0.15) is 0 Å². The quantitative estimate of drug-likeness (QED) is 0.689. The smallest absolute Gasteiger partial charge is 0.407 e.